The molecule has 0 aliphatic carbocycles. The lowest BCUT2D eigenvalue weighted by molar-refractivity contribution is 0.450. The lowest BCUT2D eigenvalue weighted by Gasteiger charge is -2.25. The molecule has 0 saturated carbocycles. The van der Waals surface area contributed by atoms with E-state index in [0.29, 0.717) is 5.88 Å². The van der Waals surface area contributed by atoms with Gasteiger partial charge < -0.3 is 9.64 Å². The van der Waals surface area contributed by atoms with Crippen LogP contribution >= 0.6 is 0 Å². The lowest BCUT2D eigenvalue weighted by atomic mass is 10.1. The van der Waals surface area contributed by atoms with Crippen LogP contribution in [0.1, 0.15) is 41.8 Å². The van der Waals surface area contributed by atoms with Gasteiger partial charge in [-0.05, 0) is 65.7 Å². The van der Waals surface area contributed by atoms with Gasteiger partial charge in [0.25, 0.3) is 0 Å². The number of aryl methyl sites for hydroxylation is 4. The second-order valence-electron chi connectivity index (χ2n) is 6.22. The first-order valence-corrected chi connectivity index (χ1v) is 8.36. The van der Waals surface area contributed by atoms with Gasteiger partial charge in [0.1, 0.15) is 5.75 Å². The average molecular weight is 312 g/mol. The summed E-state index contributed by atoms with van der Waals surface area (Å²) in [6.07, 6.45) is 0. The molecule has 124 valence electrons. The van der Waals surface area contributed by atoms with Crippen LogP contribution in [0.25, 0.3) is 0 Å². The Hall–Kier alpha value is -2.03. The van der Waals surface area contributed by atoms with Crippen molar-refractivity contribution in [2.75, 3.05) is 18.0 Å². The van der Waals surface area contributed by atoms with E-state index >= 15 is 0 Å². The molecule has 0 fully saturated rings. The third kappa shape index (κ3) is 3.66. The van der Waals surface area contributed by atoms with Crippen LogP contribution in [-0.4, -0.2) is 18.1 Å². The Morgan fingerprint density at radius 2 is 1.48 bits per heavy atom. The van der Waals surface area contributed by atoms with E-state index in [0.717, 1.165) is 41.2 Å². The Kier molecular flexibility index (Phi) is 5.30. The highest BCUT2D eigenvalue weighted by molar-refractivity contribution is 5.58. The molecule has 3 heteroatoms. The highest BCUT2D eigenvalue weighted by Gasteiger charge is 2.15. The summed E-state index contributed by atoms with van der Waals surface area (Å²) >= 11 is 0. The summed E-state index contributed by atoms with van der Waals surface area (Å²) in [6.45, 7) is 16.7. The first-order chi connectivity index (χ1) is 10.9. The van der Waals surface area contributed by atoms with Crippen LogP contribution in [0.15, 0.2) is 18.2 Å². The predicted molar refractivity (Wildman–Crippen MR) is 98.0 cm³/mol. The smallest absolute Gasteiger partial charge is 0.224 e. The van der Waals surface area contributed by atoms with Crippen molar-refractivity contribution in [3.63, 3.8) is 0 Å². The van der Waals surface area contributed by atoms with E-state index in [-0.39, 0.29) is 0 Å². The largest absolute Gasteiger partial charge is 0.438 e. The van der Waals surface area contributed by atoms with E-state index < -0.39 is 0 Å². The van der Waals surface area contributed by atoms with Gasteiger partial charge in [0, 0.05) is 30.0 Å². The van der Waals surface area contributed by atoms with E-state index in [1.807, 2.05) is 6.92 Å². The van der Waals surface area contributed by atoms with Crippen LogP contribution < -0.4 is 9.64 Å². The third-order valence-electron chi connectivity index (χ3n) is 4.24. The van der Waals surface area contributed by atoms with Crippen LogP contribution in [0.4, 0.5) is 5.69 Å². The van der Waals surface area contributed by atoms with E-state index in [1.54, 1.807) is 0 Å². The summed E-state index contributed by atoms with van der Waals surface area (Å²) in [6, 6.07) is 6.45. The van der Waals surface area contributed by atoms with Crippen molar-refractivity contribution >= 4 is 5.69 Å². The maximum Gasteiger partial charge on any atom is 0.224 e. The maximum atomic E-state index is 6.25. The monoisotopic (exact) mass is 312 g/mol. The van der Waals surface area contributed by atoms with Crippen molar-refractivity contribution in [2.24, 2.45) is 0 Å². The molecule has 1 aromatic heterocycles. The van der Waals surface area contributed by atoms with Crippen molar-refractivity contribution in [2.45, 2.75) is 48.5 Å². The summed E-state index contributed by atoms with van der Waals surface area (Å²) in [5.41, 5.74) is 6.84. The zero-order chi connectivity index (χ0) is 17.1. The highest BCUT2D eigenvalue weighted by Crippen LogP contribution is 2.34. The van der Waals surface area contributed by atoms with Gasteiger partial charge in [-0.2, -0.15) is 0 Å². The van der Waals surface area contributed by atoms with Crippen LogP contribution in [0.3, 0.4) is 0 Å². The molecule has 0 saturated heterocycles. The summed E-state index contributed by atoms with van der Waals surface area (Å²) in [5.74, 6) is 1.63. The molecule has 0 bridgehead atoms. The molecular formula is C20H28N2O. The van der Waals surface area contributed by atoms with Crippen molar-refractivity contribution in [3.05, 3.63) is 46.1 Å². The molecule has 2 rings (SSSR count). The molecule has 0 amide bonds. The van der Waals surface area contributed by atoms with E-state index in [4.69, 9.17) is 4.74 Å². The number of benzene rings is 1. The number of aromatic nitrogens is 1. The summed E-state index contributed by atoms with van der Waals surface area (Å²) < 4.78 is 6.25. The average Bonchev–Trinajstić information content (AvgIpc) is 2.48. The van der Waals surface area contributed by atoms with Gasteiger partial charge in [0.15, 0.2) is 0 Å². The maximum absolute atomic E-state index is 6.25. The Bertz CT molecular complexity index is 680. The summed E-state index contributed by atoms with van der Waals surface area (Å²) in [5, 5.41) is 0. The number of hydrogen-bond donors (Lipinski definition) is 0. The number of nitrogens with zero attached hydrogens (tertiary/aromatic N) is 2. The lowest BCUT2D eigenvalue weighted by Crippen LogP contribution is -2.23. The van der Waals surface area contributed by atoms with E-state index in [9.17, 15) is 0 Å². The second-order valence-corrected chi connectivity index (χ2v) is 6.22. The Balaban J connectivity index is 2.49. The molecule has 2 aromatic rings. The molecule has 0 unspecified atom stereocenters. The standard InChI is InChI=1S/C20H28N2O/c1-8-22(9-2)18-12-16(6)21-20(17(18)7)23-19-14(4)10-13(3)11-15(19)5/h10-12H,8-9H2,1-7H3. The van der Waals surface area contributed by atoms with Gasteiger partial charge in [-0.15, -0.1) is 0 Å². The molecule has 1 aromatic carbocycles. The van der Waals surface area contributed by atoms with Crippen LogP contribution in [0.2, 0.25) is 0 Å². The van der Waals surface area contributed by atoms with Gasteiger partial charge in [0.2, 0.25) is 5.88 Å². The normalized spacial score (nSPS) is 10.7. The van der Waals surface area contributed by atoms with E-state index in [1.165, 1.54) is 11.3 Å². The van der Waals surface area contributed by atoms with Gasteiger partial charge in [-0.25, -0.2) is 4.98 Å². The minimum absolute atomic E-state index is 0.710. The van der Waals surface area contributed by atoms with Crippen molar-refractivity contribution < 1.29 is 4.74 Å². The van der Waals surface area contributed by atoms with Crippen LogP contribution in [0, 0.1) is 34.6 Å². The zero-order valence-electron chi connectivity index (χ0n) is 15.4. The third-order valence-corrected chi connectivity index (χ3v) is 4.24. The summed E-state index contributed by atoms with van der Waals surface area (Å²) in [7, 11) is 0. The highest BCUT2D eigenvalue weighted by atomic mass is 16.5. The molecule has 0 atom stereocenters. The number of rotatable bonds is 5. The first kappa shape index (κ1) is 17.3. The topological polar surface area (TPSA) is 25.4 Å². The fraction of sp³-hybridized carbons (Fsp3) is 0.450. The quantitative estimate of drug-likeness (QED) is 0.752. The Labute approximate surface area is 140 Å². The number of ether oxygens (including phenoxy) is 1. The van der Waals surface area contributed by atoms with Crippen molar-refractivity contribution in [1.29, 1.82) is 0 Å². The van der Waals surface area contributed by atoms with Crippen molar-refractivity contribution in [3.8, 4) is 11.6 Å². The molecule has 0 radical (unpaired) electrons. The predicted octanol–water partition coefficient (Wildman–Crippen LogP) is 5.26. The minimum atomic E-state index is 0.710. The Morgan fingerprint density at radius 1 is 0.913 bits per heavy atom. The molecule has 1 heterocycles. The molecule has 0 N–H and O–H groups in total. The van der Waals surface area contributed by atoms with Gasteiger partial charge >= 0.3 is 0 Å². The van der Waals surface area contributed by atoms with Crippen LogP contribution in [0.5, 0.6) is 11.6 Å². The number of anilines is 1. The minimum Gasteiger partial charge on any atom is -0.438 e. The first-order valence-electron chi connectivity index (χ1n) is 8.36. The molecule has 0 aliphatic rings. The van der Waals surface area contributed by atoms with Gasteiger partial charge in [-0.3, -0.25) is 0 Å². The SMILES string of the molecule is CCN(CC)c1cc(C)nc(Oc2c(C)cc(C)cc2C)c1C. The number of hydrogen-bond acceptors (Lipinski definition) is 3. The fourth-order valence-electron chi connectivity index (χ4n) is 3.11. The van der Waals surface area contributed by atoms with E-state index in [2.05, 4.69) is 69.6 Å². The van der Waals surface area contributed by atoms with Crippen molar-refractivity contribution in [1.82, 2.24) is 4.98 Å². The molecule has 0 spiro atoms. The van der Waals surface area contributed by atoms with Crippen LogP contribution in [-0.2, 0) is 0 Å². The fourth-order valence-corrected chi connectivity index (χ4v) is 3.11. The molecule has 23 heavy (non-hydrogen) atoms. The van der Waals surface area contributed by atoms with Gasteiger partial charge in [0.05, 0.1) is 0 Å². The zero-order valence-corrected chi connectivity index (χ0v) is 15.4. The second kappa shape index (κ2) is 7.03. The molecular weight excluding hydrogens is 284 g/mol. The summed E-state index contributed by atoms with van der Waals surface area (Å²) in [4.78, 5) is 6.97. The van der Waals surface area contributed by atoms with Gasteiger partial charge in [-0.1, -0.05) is 17.7 Å². The number of pyridine rings is 1. The molecule has 3 nitrogen and oxygen atoms in total. The Morgan fingerprint density at radius 3 is 2.00 bits per heavy atom. The molecule has 0 aliphatic heterocycles.